The highest BCUT2D eigenvalue weighted by atomic mass is 127. The minimum absolute atomic E-state index is 0.0422. The minimum Gasteiger partial charge on any atom is -0.507 e. The zero-order valence-corrected chi connectivity index (χ0v) is 16.9. The molecule has 7 heteroatoms. The number of hydrogen-bond donors (Lipinski definition) is 2. The predicted octanol–water partition coefficient (Wildman–Crippen LogP) is 3.78. The molecule has 0 spiro atoms. The smallest absolute Gasteiger partial charge is 0.342 e. The van der Waals surface area contributed by atoms with Crippen molar-refractivity contribution < 1.29 is 19.4 Å². The molecular weight excluding hydrogens is 459 g/mol. The normalized spacial score (nSPS) is 13.9. The quantitative estimate of drug-likeness (QED) is 0.503. The standard InChI is InChI=1S/C20H21IN2O4/c21-14-4-9-18(24)17(12-14)20(26)27-13-19(25)22-15-5-7-16(8-6-15)23-10-2-1-3-11-23/h4-9,12,24H,1-3,10-11,13H2,(H,22,25). The topological polar surface area (TPSA) is 78.9 Å². The lowest BCUT2D eigenvalue weighted by molar-refractivity contribution is -0.119. The number of carbonyl (C=O) groups is 2. The average Bonchev–Trinajstić information content (AvgIpc) is 2.69. The molecular formula is C20H21IN2O4. The van der Waals surface area contributed by atoms with E-state index in [1.165, 1.54) is 31.4 Å². The van der Waals surface area contributed by atoms with Gasteiger partial charge in [0.1, 0.15) is 11.3 Å². The molecule has 1 fully saturated rings. The van der Waals surface area contributed by atoms with Crippen LogP contribution in [-0.2, 0) is 9.53 Å². The number of anilines is 2. The number of amides is 1. The van der Waals surface area contributed by atoms with Crippen LogP contribution in [0.15, 0.2) is 42.5 Å². The zero-order valence-electron chi connectivity index (χ0n) is 14.8. The van der Waals surface area contributed by atoms with E-state index in [1.807, 2.05) is 46.9 Å². The van der Waals surface area contributed by atoms with Crippen LogP contribution < -0.4 is 10.2 Å². The number of benzene rings is 2. The number of phenolic OH excluding ortho intramolecular Hbond substituents is 1. The van der Waals surface area contributed by atoms with E-state index in [-0.39, 0.29) is 11.3 Å². The van der Waals surface area contributed by atoms with E-state index < -0.39 is 18.5 Å². The summed E-state index contributed by atoms with van der Waals surface area (Å²) in [6.45, 7) is 1.71. The second kappa shape index (κ2) is 9.07. The van der Waals surface area contributed by atoms with E-state index in [9.17, 15) is 14.7 Å². The molecule has 0 radical (unpaired) electrons. The van der Waals surface area contributed by atoms with Crippen LogP contribution in [0.25, 0.3) is 0 Å². The predicted molar refractivity (Wildman–Crippen MR) is 112 cm³/mol. The maximum absolute atomic E-state index is 12.0. The highest BCUT2D eigenvalue weighted by molar-refractivity contribution is 14.1. The molecule has 0 bridgehead atoms. The summed E-state index contributed by atoms with van der Waals surface area (Å²) in [5, 5.41) is 12.4. The van der Waals surface area contributed by atoms with Gasteiger partial charge in [0.2, 0.25) is 0 Å². The molecule has 0 aliphatic carbocycles. The highest BCUT2D eigenvalue weighted by Gasteiger charge is 2.15. The van der Waals surface area contributed by atoms with Gasteiger partial charge in [-0.15, -0.1) is 0 Å². The average molecular weight is 480 g/mol. The second-order valence-electron chi connectivity index (χ2n) is 6.38. The third kappa shape index (κ3) is 5.35. The molecule has 6 nitrogen and oxygen atoms in total. The first kappa shape index (κ1) is 19.5. The fourth-order valence-corrected chi connectivity index (χ4v) is 3.48. The first-order valence-corrected chi connectivity index (χ1v) is 9.91. The largest absolute Gasteiger partial charge is 0.507 e. The molecule has 0 saturated carbocycles. The van der Waals surface area contributed by atoms with E-state index in [4.69, 9.17) is 4.74 Å². The summed E-state index contributed by atoms with van der Waals surface area (Å²) in [6.07, 6.45) is 3.70. The summed E-state index contributed by atoms with van der Waals surface area (Å²) < 4.78 is 5.78. The van der Waals surface area contributed by atoms with Crippen molar-refractivity contribution in [3.8, 4) is 5.75 Å². The van der Waals surface area contributed by atoms with Gasteiger partial charge in [0.25, 0.3) is 5.91 Å². The Balaban J connectivity index is 1.51. The van der Waals surface area contributed by atoms with Crippen molar-refractivity contribution in [1.29, 1.82) is 0 Å². The highest BCUT2D eigenvalue weighted by Crippen LogP contribution is 2.22. The van der Waals surface area contributed by atoms with Crippen LogP contribution in [0.5, 0.6) is 5.75 Å². The lowest BCUT2D eigenvalue weighted by Gasteiger charge is -2.28. The number of nitrogens with zero attached hydrogens (tertiary/aromatic N) is 1. The Morgan fingerprint density at radius 1 is 1.07 bits per heavy atom. The Kier molecular flexibility index (Phi) is 6.54. The van der Waals surface area contributed by atoms with E-state index in [0.717, 1.165) is 22.3 Å². The molecule has 1 aliphatic rings. The van der Waals surface area contributed by atoms with E-state index >= 15 is 0 Å². The molecule has 1 saturated heterocycles. The number of carbonyl (C=O) groups excluding carboxylic acids is 2. The van der Waals surface area contributed by atoms with E-state index in [1.54, 1.807) is 6.07 Å². The molecule has 1 heterocycles. The number of aromatic hydroxyl groups is 1. The van der Waals surface area contributed by atoms with Crippen molar-refractivity contribution in [2.75, 3.05) is 29.9 Å². The molecule has 27 heavy (non-hydrogen) atoms. The van der Waals surface area contributed by atoms with Crippen LogP contribution >= 0.6 is 22.6 Å². The van der Waals surface area contributed by atoms with Crippen molar-refractivity contribution in [2.24, 2.45) is 0 Å². The van der Waals surface area contributed by atoms with Gasteiger partial charge in [-0.2, -0.15) is 0 Å². The number of ether oxygens (including phenoxy) is 1. The van der Waals surface area contributed by atoms with Crippen LogP contribution in [0.2, 0.25) is 0 Å². The summed E-state index contributed by atoms with van der Waals surface area (Å²) >= 11 is 2.03. The van der Waals surface area contributed by atoms with Crippen LogP contribution in [0.1, 0.15) is 29.6 Å². The molecule has 0 atom stereocenters. The van der Waals surface area contributed by atoms with Gasteiger partial charge in [0.05, 0.1) is 0 Å². The van der Waals surface area contributed by atoms with Crippen molar-refractivity contribution in [3.05, 3.63) is 51.6 Å². The number of piperidine rings is 1. The van der Waals surface area contributed by atoms with Crippen LogP contribution in [0.3, 0.4) is 0 Å². The van der Waals surface area contributed by atoms with Crippen LogP contribution in [0.4, 0.5) is 11.4 Å². The van der Waals surface area contributed by atoms with Crippen molar-refractivity contribution in [3.63, 3.8) is 0 Å². The Morgan fingerprint density at radius 3 is 2.48 bits per heavy atom. The fraction of sp³-hybridized carbons (Fsp3) is 0.300. The number of nitrogens with one attached hydrogen (secondary N) is 1. The van der Waals surface area contributed by atoms with Gasteiger partial charge < -0.3 is 20.1 Å². The number of hydrogen-bond acceptors (Lipinski definition) is 5. The number of halogens is 1. The second-order valence-corrected chi connectivity index (χ2v) is 7.63. The Bertz CT molecular complexity index is 817. The van der Waals surface area contributed by atoms with Gasteiger partial charge >= 0.3 is 5.97 Å². The summed E-state index contributed by atoms with van der Waals surface area (Å²) in [7, 11) is 0. The fourth-order valence-electron chi connectivity index (χ4n) is 2.99. The van der Waals surface area contributed by atoms with Gasteiger partial charge in [-0.05, 0) is 84.3 Å². The Labute approximate surface area is 171 Å². The molecule has 3 rings (SSSR count). The molecule has 2 aromatic rings. The summed E-state index contributed by atoms with van der Waals surface area (Å²) in [6, 6.07) is 12.3. The molecule has 142 valence electrons. The monoisotopic (exact) mass is 480 g/mol. The van der Waals surface area contributed by atoms with Gasteiger partial charge in [-0.3, -0.25) is 4.79 Å². The minimum atomic E-state index is -0.735. The Hall–Kier alpha value is -2.29. The maximum atomic E-state index is 12.0. The third-order valence-corrected chi connectivity index (χ3v) is 5.06. The van der Waals surface area contributed by atoms with Crippen molar-refractivity contribution in [1.82, 2.24) is 0 Å². The lowest BCUT2D eigenvalue weighted by atomic mass is 10.1. The van der Waals surface area contributed by atoms with Crippen molar-refractivity contribution in [2.45, 2.75) is 19.3 Å². The van der Waals surface area contributed by atoms with Crippen LogP contribution in [-0.4, -0.2) is 36.7 Å². The van der Waals surface area contributed by atoms with E-state index in [2.05, 4.69) is 10.2 Å². The first-order chi connectivity index (χ1) is 13.0. The molecule has 1 amide bonds. The number of rotatable bonds is 5. The molecule has 1 aliphatic heterocycles. The van der Waals surface area contributed by atoms with Gasteiger partial charge in [-0.1, -0.05) is 0 Å². The van der Waals surface area contributed by atoms with Gasteiger partial charge in [0.15, 0.2) is 6.61 Å². The summed E-state index contributed by atoms with van der Waals surface area (Å²) in [5.74, 6) is -1.34. The number of phenols is 1. The molecule has 0 aromatic heterocycles. The third-order valence-electron chi connectivity index (χ3n) is 4.39. The molecule has 2 aromatic carbocycles. The summed E-state index contributed by atoms with van der Waals surface area (Å²) in [4.78, 5) is 26.4. The SMILES string of the molecule is O=C(COC(=O)c1cc(I)ccc1O)Nc1ccc(N2CCCCC2)cc1. The first-order valence-electron chi connectivity index (χ1n) is 8.83. The maximum Gasteiger partial charge on any atom is 0.342 e. The molecule has 0 unspecified atom stereocenters. The van der Waals surface area contributed by atoms with E-state index in [0.29, 0.717) is 5.69 Å². The van der Waals surface area contributed by atoms with Gasteiger partial charge in [0, 0.05) is 28.0 Å². The number of esters is 1. The zero-order chi connectivity index (χ0) is 19.2. The van der Waals surface area contributed by atoms with Crippen molar-refractivity contribution >= 4 is 45.8 Å². The Morgan fingerprint density at radius 2 is 1.78 bits per heavy atom. The summed E-state index contributed by atoms with van der Waals surface area (Å²) in [5.41, 5.74) is 1.84. The molecule has 2 N–H and O–H groups in total. The van der Waals surface area contributed by atoms with Gasteiger partial charge in [-0.25, -0.2) is 4.79 Å². The lowest BCUT2D eigenvalue weighted by Crippen LogP contribution is -2.29. The van der Waals surface area contributed by atoms with Crippen LogP contribution in [0, 0.1) is 3.57 Å².